The highest BCUT2D eigenvalue weighted by atomic mass is 16.8. The molecule has 1 aromatic heterocycles. The number of esters is 1. The number of carbonyl (C=O) groups excluding carboxylic acids is 1. The number of fused-ring (bicyclic) bond motifs is 2. The van der Waals surface area contributed by atoms with Crippen LogP contribution in [0.1, 0.15) is 32.6 Å². The molecule has 3 aliphatic rings. The Kier molecular flexibility index (Phi) is 11.0. The minimum Gasteiger partial charge on any atom is -0.508 e. The topological polar surface area (TPSA) is 211 Å². The van der Waals surface area contributed by atoms with E-state index in [9.17, 15) is 34.8 Å². The Morgan fingerprint density at radius 2 is 1.88 bits per heavy atom. The number of unbranched alkanes of at least 4 members (excludes halogenated alkanes) is 2. The van der Waals surface area contributed by atoms with Gasteiger partial charge in [-0.1, -0.05) is 31.9 Å². The van der Waals surface area contributed by atoms with Crippen LogP contribution in [0.25, 0.3) is 22.1 Å². The summed E-state index contributed by atoms with van der Waals surface area (Å²) in [5, 5.41) is 44.6. The molecule has 0 amide bonds. The van der Waals surface area contributed by atoms with Crippen molar-refractivity contribution < 1.29 is 58.5 Å². The molecule has 6 N–H and O–H groups in total. The number of hydroxylamine groups is 2. The average molecular weight is 707 g/mol. The van der Waals surface area contributed by atoms with Gasteiger partial charge in [-0.05, 0) is 49.4 Å². The van der Waals surface area contributed by atoms with Crippen molar-refractivity contribution in [3.8, 4) is 22.6 Å². The van der Waals surface area contributed by atoms with E-state index < -0.39 is 55.3 Å². The lowest BCUT2D eigenvalue weighted by Gasteiger charge is -2.41. The van der Waals surface area contributed by atoms with Gasteiger partial charge < -0.3 is 39.1 Å². The quantitative estimate of drug-likeness (QED) is 0.0792. The molecule has 15 nitrogen and oxygen atoms in total. The number of nitrogens with zero attached hydrogens (tertiary/aromatic N) is 1. The number of hydrogen-bond donors (Lipinski definition) is 6. The maximum atomic E-state index is 13.4. The highest BCUT2D eigenvalue weighted by Crippen LogP contribution is 2.30. The number of likely N-dealkylation sites (N-methyl/N-ethyl adjacent to an activating group) is 1. The highest BCUT2D eigenvalue weighted by Gasteiger charge is 2.51. The van der Waals surface area contributed by atoms with Gasteiger partial charge in [0.05, 0.1) is 16.5 Å². The van der Waals surface area contributed by atoms with Gasteiger partial charge in [-0.3, -0.25) is 15.1 Å². The fraction of sp³-hybridized carbons (Fsp3) is 0.389. The van der Waals surface area contributed by atoms with E-state index in [1.807, 2.05) is 12.3 Å². The molecule has 0 saturated carbocycles. The van der Waals surface area contributed by atoms with E-state index in [0.29, 0.717) is 16.2 Å². The summed E-state index contributed by atoms with van der Waals surface area (Å²) >= 11 is 0. The minimum atomic E-state index is -1.66. The smallest absolute Gasteiger partial charge is 0.334 e. The average Bonchev–Trinajstić information content (AvgIpc) is 3.70. The van der Waals surface area contributed by atoms with E-state index in [2.05, 4.69) is 17.2 Å². The van der Waals surface area contributed by atoms with Crippen molar-refractivity contribution in [1.82, 2.24) is 5.32 Å². The van der Waals surface area contributed by atoms with E-state index in [1.165, 1.54) is 43.6 Å². The Hall–Kier alpha value is -4.90. The standard InChI is InChI=1S/C36H39N3O12/c1-3-4-5-6-25-28-20(13-14-38-28)16-39(25)51-33-32(43)31(42)27(18-48-35(46)29(37-2)34(44)45)50-36(33)49-22-11-12-23-26(15-22)47-17-24(30(23)41)19-7-9-21(40)10-8-19/h7-17,25,27,29,31-33,36-37,40,42-43H,3-6,18H2,1-2H3,(H,44,45)/p+1. The minimum absolute atomic E-state index is 0.0573. The first-order valence-electron chi connectivity index (χ1n) is 16.7. The molecular formula is C36H40N3O12+. The van der Waals surface area contributed by atoms with Crippen molar-refractivity contribution in [3.63, 3.8) is 0 Å². The summed E-state index contributed by atoms with van der Waals surface area (Å²) in [6.45, 7) is 1.50. The number of hydrogen-bond acceptors (Lipinski definition) is 13. The Morgan fingerprint density at radius 1 is 1.10 bits per heavy atom. The Labute approximate surface area is 292 Å². The zero-order chi connectivity index (χ0) is 36.2. The van der Waals surface area contributed by atoms with Gasteiger partial charge in [0.25, 0.3) is 0 Å². The molecule has 1 fully saturated rings. The van der Waals surface area contributed by atoms with Crippen LogP contribution in [0.15, 0.2) is 87.0 Å². The van der Waals surface area contributed by atoms with Crippen LogP contribution in [0.3, 0.4) is 0 Å². The van der Waals surface area contributed by atoms with Crippen molar-refractivity contribution in [1.29, 1.82) is 0 Å². The molecule has 3 aliphatic heterocycles. The van der Waals surface area contributed by atoms with Crippen LogP contribution >= 0.6 is 0 Å². The zero-order valence-electron chi connectivity index (χ0n) is 27.9. The van der Waals surface area contributed by atoms with Crippen LogP contribution < -0.4 is 20.5 Å². The number of phenols is 1. The number of phenolic OH excluding ortho intramolecular Hbond substituents is 1. The van der Waals surface area contributed by atoms with Crippen molar-refractivity contribution in [2.45, 2.75) is 75.4 Å². The number of ether oxygens (including phenoxy) is 3. The number of aliphatic hydroxyl groups is 2. The highest BCUT2D eigenvalue weighted by molar-refractivity contribution is 6.08. The molecule has 2 aromatic carbocycles. The number of aromatic hydroxyl groups is 1. The molecule has 3 aromatic rings. The van der Waals surface area contributed by atoms with Gasteiger partial charge in [-0.15, -0.1) is 0 Å². The fourth-order valence-electron chi connectivity index (χ4n) is 6.32. The lowest BCUT2D eigenvalue weighted by Crippen LogP contribution is -3.11. The van der Waals surface area contributed by atoms with Crippen LogP contribution in [0.2, 0.25) is 0 Å². The van der Waals surface area contributed by atoms with Crippen molar-refractivity contribution in [3.05, 3.63) is 83.0 Å². The van der Waals surface area contributed by atoms with Crippen molar-refractivity contribution >= 4 is 28.6 Å². The summed E-state index contributed by atoms with van der Waals surface area (Å²) in [7, 11) is 1.28. The first kappa shape index (κ1) is 35.9. The first-order chi connectivity index (χ1) is 24.6. The monoisotopic (exact) mass is 706 g/mol. The molecule has 1 saturated heterocycles. The van der Waals surface area contributed by atoms with Gasteiger partial charge in [0.2, 0.25) is 18.4 Å². The maximum Gasteiger partial charge on any atom is 0.334 e. The number of carboxylic acids is 1. The van der Waals surface area contributed by atoms with Gasteiger partial charge in [0, 0.05) is 18.7 Å². The second kappa shape index (κ2) is 15.6. The van der Waals surface area contributed by atoms with E-state index in [1.54, 1.807) is 18.3 Å². The number of carboxylic acid groups (broad SMARTS) is 1. The summed E-state index contributed by atoms with van der Waals surface area (Å²) in [6, 6.07) is 8.77. The van der Waals surface area contributed by atoms with E-state index >= 15 is 0 Å². The second-order valence-corrected chi connectivity index (χ2v) is 12.5. The summed E-state index contributed by atoms with van der Waals surface area (Å²) in [4.78, 5) is 48.2. The van der Waals surface area contributed by atoms with Crippen LogP contribution in [0.4, 0.5) is 0 Å². The number of carbonyl (C=O) groups is 2. The van der Waals surface area contributed by atoms with Gasteiger partial charge in [0.1, 0.15) is 60.2 Å². The van der Waals surface area contributed by atoms with E-state index in [4.69, 9.17) is 23.5 Å². The van der Waals surface area contributed by atoms with E-state index in [0.717, 1.165) is 37.0 Å². The largest absolute Gasteiger partial charge is 0.508 e. The molecule has 6 rings (SSSR count). The van der Waals surface area contributed by atoms with Crippen LogP contribution in [-0.4, -0.2) is 94.5 Å². The normalized spacial score (nSPS) is 26.0. The number of aliphatic hydroxyl groups excluding tert-OH is 2. The van der Waals surface area contributed by atoms with Gasteiger partial charge in [-0.25, -0.2) is 9.59 Å². The number of allylic oxidation sites excluding steroid dienone is 1. The summed E-state index contributed by atoms with van der Waals surface area (Å²) in [6.07, 6.45) is 3.14. The van der Waals surface area contributed by atoms with E-state index in [-0.39, 0.29) is 33.9 Å². The Bertz CT molecular complexity index is 1910. The molecule has 0 aliphatic carbocycles. The lowest BCUT2D eigenvalue weighted by molar-refractivity contribution is -1.07. The molecule has 8 atom stereocenters. The summed E-state index contributed by atoms with van der Waals surface area (Å²) in [5.41, 5.74) is 2.46. The molecule has 0 spiro atoms. The number of aliphatic imine (C=N–C) groups is 1. The number of nitrogens with one attached hydrogen (secondary N) is 2. The van der Waals surface area contributed by atoms with Gasteiger partial charge >= 0.3 is 11.9 Å². The van der Waals surface area contributed by atoms with Crippen LogP contribution in [0.5, 0.6) is 11.5 Å². The Morgan fingerprint density at radius 3 is 2.61 bits per heavy atom. The first-order valence-corrected chi connectivity index (χ1v) is 16.7. The summed E-state index contributed by atoms with van der Waals surface area (Å²) in [5.74, 6) is -2.35. The van der Waals surface area contributed by atoms with Gasteiger partial charge in [-0.2, -0.15) is 9.90 Å². The SMILES string of the molecule is CCCCCC1C2=NC=CC2=C[NH+]1OC1C(Oc2ccc3c(=O)c(-c4ccc(O)cc4)coc3c2)OC(COC(=O)C(NC)C(=O)O)C(O)C1O. The fourth-order valence-corrected chi connectivity index (χ4v) is 6.32. The van der Waals surface area contributed by atoms with Crippen LogP contribution in [0, 0.1) is 0 Å². The molecule has 0 radical (unpaired) electrons. The molecule has 0 bridgehead atoms. The molecule has 15 heteroatoms. The van der Waals surface area contributed by atoms with Crippen molar-refractivity contribution in [2.24, 2.45) is 4.99 Å². The maximum absolute atomic E-state index is 13.4. The number of benzene rings is 2. The lowest BCUT2D eigenvalue weighted by atomic mass is 9.99. The molecular weight excluding hydrogens is 666 g/mol. The molecule has 270 valence electrons. The zero-order valence-corrected chi connectivity index (χ0v) is 27.9. The van der Waals surface area contributed by atoms with Gasteiger partial charge in [0.15, 0.2) is 11.5 Å². The Balaban J connectivity index is 1.27. The number of rotatable bonds is 14. The molecule has 8 unspecified atom stereocenters. The third-order valence-corrected chi connectivity index (χ3v) is 9.09. The molecule has 4 heterocycles. The summed E-state index contributed by atoms with van der Waals surface area (Å²) < 4.78 is 23.2. The van der Waals surface area contributed by atoms with Crippen LogP contribution in [-0.2, 0) is 23.9 Å². The number of aliphatic carboxylic acids is 1. The third kappa shape index (κ3) is 7.58. The van der Waals surface area contributed by atoms with Crippen molar-refractivity contribution in [2.75, 3.05) is 13.7 Å². The predicted octanol–water partition coefficient (Wildman–Crippen LogP) is 1.21. The molecule has 51 heavy (non-hydrogen) atoms. The number of quaternary nitrogens is 1. The predicted molar refractivity (Wildman–Crippen MR) is 181 cm³/mol. The third-order valence-electron chi connectivity index (χ3n) is 9.09. The second-order valence-electron chi connectivity index (χ2n) is 12.5.